The summed E-state index contributed by atoms with van der Waals surface area (Å²) >= 11 is 1.46. The Labute approximate surface area is 101 Å². The molecule has 5 heteroatoms. The van der Waals surface area contributed by atoms with E-state index in [9.17, 15) is 0 Å². The van der Waals surface area contributed by atoms with Crippen molar-refractivity contribution in [3.05, 3.63) is 5.82 Å². The van der Waals surface area contributed by atoms with E-state index in [-0.39, 0.29) is 0 Å². The molecule has 1 unspecified atom stereocenters. The van der Waals surface area contributed by atoms with Crippen LogP contribution in [-0.2, 0) is 11.2 Å². The Morgan fingerprint density at radius 1 is 1.50 bits per heavy atom. The molecule has 1 aliphatic rings. The maximum absolute atomic E-state index is 5.37. The Balaban J connectivity index is 1.87. The van der Waals surface area contributed by atoms with Crippen LogP contribution in [0, 0.1) is 5.92 Å². The molecule has 1 fully saturated rings. The van der Waals surface area contributed by atoms with Crippen LogP contribution in [0.25, 0.3) is 0 Å². The summed E-state index contributed by atoms with van der Waals surface area (Å²) in [6.07, 6.45) is 3.20. The summed E-state index contributed by atoms with van der Waals surface area (Å²) in [6, 6.07) is 0.460. The first-order chi connectivity index (χ1) is 7.79. The van der Waals surface area contributed by atoms with Crippen LogP contribution in [0.2, 0.25) is 0 Å². The molecule has 0 amide bonds. The molecule has 0 bridgehead atoms. The van der Waals surface area contributed by atoms with Gasteiger partial charge in [0.15, 0.2) is 0 Å². The van der Waals surface area contributed by atoms with Gasteiger partial charge < -0.3 is 10.1 Å². The first-order valence-corrected chi connectivity index (χ1v) is 6.73. The van der Waals surface area contributed by atoms with Crippen LogP contribution in [0.1, 0.15) is 32.5 Å². The number of rotatable bonds is 4. The third-order valence-electron chi connectivity index (χ3n) is 3.11. The number of hydrogen-bond donors (Lipinski definition) is 1. The first-order valence-electron chi connectivity index (χ1n) is 5.96. The van der Waals surface area contributed by atoms with Gasteiger partial charge in [-0.05, 0) is 25.7 Å². The third kappa shape index (κ3) is 2.92. The molecule has 1 N–H and O–H groups in total. The predicted octanol–water partition coefficient (Wildman–Crippen LogP) is 2.33. The number of anilines is 1. The summed E-state index contributed by atoms with van der Waals surface area (Å²) in [7, 11) is 0. The Kier molecular flexibility index (Phi) is 4.12. The third-order valence-corrected chi connectivity index (χ3v) is 3.79. The highest BCUT2D eigenvalue weighted by atomic mass is 32.1. The molecule has 0 radical (unpaired) electrons. The smallest absolute Gasteiger partial charge is 0.202 e. The van der Waals surface area contributed by atoms with Gasteiger partial charge in [-0.1, -0.05) is 6.92 Å². The maximum atomic E-state index is 5.37. The molecule has 1 aliphatic heterocycles. The van der Waals surface area contributed by atoms with Crippen LogP contribution in [0.4, 0.5) is 5.13 Å². The summed E-state index contributed by atoms with van der Waals surface area (Å²) in [5.74, 6) is 1.63. The van der Waals surface area contributed by atoms with Gasteiger partial charge in [0.2, 0.25) is 5.13 Å². The van der Waals surface area contributed by atoms with E-state index in [0.29, 0.717) is 12.0 Å². The van der Waals surface area contributed by atoms with Gasteiger partial charge in [-0.2, -0.15) is 4.37 Å². The minimum Gasteiger partial charge on any atom is -0.381 e. The van der Waals surface area contributed by atoms with Gasteiger partial charge in [0.25, 0.3) is 0 Å². The lowest BCUT2D eigenvalue weighted by molar-refractivity contribution is 0.0622. The highest BCUT2D eigenvalue weighted by Crippen LogP contribution is 2.22. The molecule has 16 heavy (non-hydrogen) atoms. The zero-order valence-corrected chi connectivity index (χ0v) is 10.7. The highest BCUT2D eigenvalue weighted by molar-refractivity contribution is 7.09. The van der Waals surface area contributed by atoms with Gasteiger partial charge in [0.1, 0.15) is 5.82 Å². The Morgan fingerprint density at radius 2 is 2.25 bits per heavy atom. The topological polar surface area (TPSA) is 47.0 Å². The molecule has 1 saturated heterocycles. The zero-order valence-electron chi connectivity index (χ0n) is 9.90. The van der Waals surface area contributed by atoms with Crippen molar-refractivity contribution < 1.29 is 4.74 Å². The van der Waals surface area contributed by atoms with Gasteiger partial charge in [0, 0.05) is 37.2 Å². The minimum atomic E-state index is 0.460. The molecule has 0 aromatic carbocycles. The van der Waals surface area contributed by atoms with E-state index in [0.717, 1.165) is 43.4 Å². The molecule has 2 rings (SSSR count). The van der Waals surface area contributed by atoms with Crippen LogP contribution in [0.3, 0.4) is 0 Å². The van der Waals surface area contributed by atoms with Gasteiger partial charge in [0.05, 0.1) is 0 Å². The fraction of sp³-hybridized carbons (Fsp3) is 0.818. The van der Waals surface area contributed by atoms with E-state index < -0.39 is 0 Å². The maximum Gasteiger partial charge on any atom is 0.202 e. The van der Waals surface area contributed by atoms with Crippen LogP contribution >= 0.6 is 11.5 Å². The van der Waals surface area contributed by atoms with Gasteiger partial charge in [-0.25, -0.2) is 4.98 Å². The van der Waals surface area contributed by atoms with Crippen LogP contribution in [0.5, 0.6) is 0 Å². The Bertz CT molecular complexity index is 323. The lowest BCUT2D eigenvalue weighted by Gasteiger charge is -2.28. The molecule has 90 valence electrons. The number of hydrogen-bond acceptors (Lipinski definition) is 5. The van der Waals surface area contributed by atoms with Gasteiger partial charge in [-0.15, -0.1) is 0 Å². The number of aromatic nitrogens is 2. The second kappa shape index (κ2) is 5.59. The predicted molar refractivity (Wildman–Crippen MR) is 65.9 cm³/mol. The lowest BCUT2D eigenvalue weighted by Crippen LogP contribution is -2.30. The van der Waals surface area contributed by atoms with Crippen molar-refractivity contribution in [1.82, 2.24) is 9.36 Å². The normalized spacial score (nSPS) is 19.6. The monoisotopic (exact) mass is 241 g/mol. The number of nitrogens with one attached hydrogen (secondary N) is 1. The molecule has 1 aromatic rings. The molecular weight excluding hydrogens is 222 g/mol. The molecule has 4 nitrogen and oxygen atoms in total. The van der Waals surface area contributed by atoms with Crippen LogP contribution in [0.15, 0.2) is 0 Å². The summed E-state index contributed by atoms with van der Waals surface area (Å²) in [6.45, 7) is 6.09. The molecule has 2 heterocycles. The molecule has 1 aromatic heterocycles. The highest BCUT2D eigenvalue weighted by Gasteiger charge is 2.21. The zero-order chi connectivity index (χ0) is 11.4. The SMILES string of the molecule is CCc1nsc(NC(C)C2CCOCC2)n1. The summed E-state index contributed by atoms with van der Waals surface area (Å²) in [5, 5.41) is 4.41. The van der Waals surface area contributed by atoms with E-state index in [1.165, 1.54) is 11.5 Å². The summed E-state index contributed by atoms with van der Waals surface area (Å²) < 4.78 is 9.64. The van der Waals surface area contributed by atoms with E-state index in [2.05, 4.69) is 28.5 Å². The van der Waals surface area contributed by atoms with Gasteiger partial charge in [-0.3, -0.25) is 0 Å². The van der Waals surface area contributed by atoms with Crippen molar-refractivity contribution in [1.29, 1.82) is 0 Å². The van der Waals surface area contributed by atoms with Crippen molar-refractivity contribution >= 4 is 16.7 Å². The molecule has 0 saturated carbocycles. The van der Waals surface area contributed by atoms with Crippen molar-refractivity contribution in [3.8, 4) is 0 Å². The van der Waals surface area contributed by atoms with E-state index >= 15 is 0 Å². The van der Waals surface area contributed by atoms with Crippen molar-refractivity contribution in [2.24, 2.45) is 5.92 Å². The fourth-order valence-electron chi connectivity index (χ4n) is 1.98. The molecule has 0 spiro atoms. The fourth-order valence-corrected chi connectivity index (χ4v) is 2.73. The second-order valence-electron chi connectivity index (χ2n) is 4.25. The average molecular weight is 241 g/mol. The molecule has 1 atom stereocenters. The van der Waals surface area contributed by atoms with E-state index in [1.54, 1.807) is 0 Å². The van der Waals surface area contributed by atoms with Crippen LogP contribution < -0.4 is 5.32 Å². The quantitative estimate of drug-likeness (QED) is 0.879. The second-order valence-corrected chi connectivity index (χ2v) is 5.00. The van der Waals surface area contributed by atoms with Crippen molar-refractivity contribution in [2.75, 3.05) is 18.5 Å². The standard InChI is InChI=1S/C11H19N3OS/c1-3-10-13-11(16-14-10)12-8(2)9-4-6-15-7-5-9/h8-9H,3-7H2,1-2H3,(H,12,13,14). The first kappa shape index (κ1) is 11.8. The summed E-state index contributed by atoms with van der Waals surface area (Å²) in [5.41, 5.74) is 0. The average Bonchev–Trinajstić information content (AvgIpc) is 2.78. The Hall–Kier alpha value is -0.680. The largest absolute Gasteiger partial charge is 0.381 e. The van der Waals surface area contributed by atoms with Crippen molar-refractivity contribution in [2.45, 2.75) is 39.2 Å². The van der Waals surface area contributed by atoms with E-state index in [1.807, 2.05) is 0 Å². The molecule has 0 aliphatic carbocycles. The van der Waals surface area contributed by atoms with Gasteiger partial charge >= 0.3 is 0 Å². The Morgan fingerprint density at radius 3 is 2.88 bits per heavy atom. The number of ether oxygens (including phenoxy) is 1. The van der Waals surface area contributed by atoms with Crippen molar-refractivity contribution in [3.63, 3.8) is 0 Å². The molecular formula is C11H19N3OS. The van der Waals surface area contributed by atoms with Crippen LogP contribution in [-0.4, -0.2) is 28.6 Å². The minimum absolute atomic E-state index is 0.460. The lowest BCUT2D eigenvalue weighted by atomic mass is 9.93. The van der Waals surface area contributed by atoms with E-state index in [4.69, 9.17) is 4.74 Å². The summed E-state index contributed by atoms with van der Waals surface area (Å²) in [4.78, 5) is 4.43. The number of aryl methyl sites for hydroxylation is 1. The number of nitrogens with zero attached hydrogens (tertiary/aromatic N) is 2.